The Balaban J connectivity index is 2.75. The van der Waals surface area contributed by atoms with Gasteiger partial charge >= 0.3 is 12.1 Å². The molecule has 0 spiro atoms. The van der Waals surface area contributed by atoms with E-state index in [-0.39, 0.29) is 0 Å². The van der Waals surface area contributed by atoms with Crippen molar-refractivity contribution in [3.05, 3.63) is 35.4 Å². The van der Waals surface area contributed by atoms with Gasteiger partial charge in [-0.15, -0.1) is 0 Å². The van der Waals surface area contributed by atoms with Gasteiger partial charge < -0.3 is 4.74 Å². The SMILES string of the molecule is COC(=O)C(C)N=Cc1ccc(C(F)(F)F)cc1. The highest BCUT2D eigenvalue weighted by molar-refractivity contribution is 5.83. The maximum Gasteiger partial charge on any atom is 0.416 e. The average Bonchev–Trinajstić information content (AvgIpc) is 2.34. The highest BCUT2D eigenvalue weighted by Gasteiger charge is 2.29. The van der Waals surface area contributed by atoms with Gasteiger partial charge in [-0.25, -0.2) is 4.79 Å². The lowest BCUT2D eigenvalue weighted by molar-refractivity contribution is -0.141. The van der Waals surface area contributed by atoms with Crippen molar-refractivity contribution in [2.24, 2.45) is 4.99 Å². The van der Waals surface area contributed by atoms with Crippen LogP contribution in [0.25, 0.3) is 0 Å². The molecule has 0 heterocycles. The van der Waals surface area contributed by atoms with E-state index < -0.39 is 23.8 Å². The molecule has 1 atom stereocenters. The lowest BCUT2D eigenvalue weighted by Gasteiger charge is -2.06. The van der Waals surface area contributed by atoms with Gasteiger partial charge in [0.25, 0.3) is 0 Å². The largest absolute Gasteiger partial charge is 0.467 e. The van der Waals surface area contributed by atoms with E-state index >= 15 is 0 Å². The third-order valence-corrected chi connectivity index (χ3v) is 2.23. The standard InChI is InChI=1S/C12H12F3NO2/c1-8(11(17)18-2)16-7-9-3-5-10(6-4-9)12(13,14)15/h3-8H,1-2H3. The number of nitrogens with zero attached hydrogens (tertiary/aromatic N) is 1. The minimum Gasteiger partial charge on any atom is -0.467 e. The monoisotopic (exact) mass is 259 g/mol. The lowest BCUT2D eigenvalue weighted by atomic mass is 10.1. The van der Waals surface area contributed by atoms with Crippen LogP contribution >= 0.6 is 0 Å². The number of aliphatic imine (C=N–C) groups is 1. The maximum absolute atomic E-state index is 12.3. The molecule has 0 saturated carbocycles. The summed E-state index contributed by atoms with van der Waals surface area (Å²) in [5, 5.41) is 0. The van der Waals surface area contributed by atoms with Crippen LogP contribution in [0.1, 0.15) is 18.1 Å². The van der Waals surface area contributed by atoms with Crippen LogP contribution in [-0.2, 0) is 15.7 Å². The first-order valence-electron chi connectivity index (χ1n) is 5.13. The summed E-state index contributed by atoms with van der Waals surface area (Å²) in [6, 6.07) is 3.82. The molecule has 0 radical (unpaired) electrons. The van der Waals surface area contributed by atoms with Gasteiger partial charge in [-0.3, -0.25) is 4.99 Å². The zero-order valence-electron chi connectivity index (χ0n) is 9.86. The van der Waals surface area contributed by atoms with Crippen LogP contribution in [0.5, 0.6) is 0 Å². The molecule has 98 valence electrons. The second kappa shape index (κ2) is 5.66. The zero-order chi connectivity index (χ0) is 13.8. The fourth-order valence-corrected chi connectivity index (χ4v) is 1.19. The Hall–Kier alpha value is -1.85. The summed E-state index contributed by atoms with van der Waals surface area (Å²) < 4.78 is 41.3. The van der Waals surface area contributed by atoms with E-state index in [0.717, 1.165) is 12.1 Å². The Morgan fingerprint density at radius 2 is 1.89 bits per heavy atom. The number of halogens is 3. The van der Waals surface area contributed by atoms with Crippen molar-refractivity contribution in [3.63, 3.8) is 0 Å². The molecule has 0 amide bonds. The first-order valence-corrected chi connectivity index (χ1v) is 5.13. The van der Waals surface area contributed by atoms with Crippen LogP contribution in [-0.4, -0.2) is 25.3 Å². The zero-order valence-corrected chi connectivity index (χ0v) is 9.86. The molecule has 18 heavy (non-hydrogen) atoms. The predicted molar refractivity (Wildman–Crippen MR) is 60.5 cm³/mol. The summed E-state index contributed by atoms with van der Waals surface area (Å²) in [4.78, 5) is 14.9. The number of carbonyl (C=O) groups excluding carboxylic acids is 1. The third kappa shape index (κ3) is 3.87. The average molecular weight is 259 g/mol. The Morgan fingerprint density at radius 1 is 1.33 bits per heavy atom. The lowest BCUT2D eigenvalue weighted by Crippen LogP contribution is -2.16. The van der Waals surface area contributed by atoms with Crippen LogP contribution in [0.3, 0.4) is 0 Å². The molecule has 0 aliphatic carbocycles. The fraction of sp³-hybridized carbons (Fsp3) is 0.333. The highest BCUT2D eigenvalue weighted by atomic mass is 19.4. The summed E-state index contributed by atoms with van der Waals surface area (Å²) >= 11 is 0. The molecular weight excluding hydrogens is 247 g/mol. The number of alkyl halides is 3. The molecule has 0 saturated heterocycles. The van der Waals surface area contributed by atoms with E-state index in [1.54, 1.807) is 0 Å². The Kier molecular flexibility index (Phi) is 4.47. The second-order valence-corrected chi connectivity index (χ2v) is 3.60. The quantitative estimate of drug-likeness (QED) is 0.618. The van der Waals surface area contributed by atoms with E-state index in [4.69, 9.17) is 0 Å². The van der Waals surface area contributed by atoms with E-state index in [1.807, 2.05) is 0 Å². The smallest absolute Gasteiger partial charge is 0.416 e. The van der Waals surface area contributed by atoms with E-state index in [1.165, 1.54) is 32.4 Å². The molecule has 0 aromatic heterocycles. The normalized spacial score (nSPS) is 13.6. The third-order valence-electron chi connectivity index (χ3n) is 2.23. The minimum atomic E-state index is -4.35. The van der Waals surface area contributed by atoms with Crippen LogP contribution in [0.4, 0.5) is 13.2 Å². The van der Waals surface area contributed by atoms with Crippen LogP contribution in [0, 0.1) is 0 Å². The fourth-order valence-electron chi connectivity index (χ4n) is 1.19. The number of rotatable bonds is 3. The van der Waals surface area contributed by atoms with Crippen LogP contribution in [0.2, 0.25) is 0 Å². The van der Waals surface area contributed by atoms with Gasteiger partial charge in [0.15, 0.2) is 0 Å². The second-order valence-electron chi connectivity index (χ2n) is 3.60. The first-order chi connectivity index (χ1) is 8.34. The van der Waals surface area contributed by atoms with Gasteiger partial charge in [0.05, 0.1) is 12.7 Å². The van der Waals surface area contributed by atoms with E-state index in [0.29, 0.717) is 5.56 Å². The molecule has 0 aliphatic heterocycles. The topological polar surface area (TPSA) is 38.7 Å². The Bertz CT molecular complexity index is 438. The maximum atomic E-state index is 12.3. The molecule has 0 fully saturated rings. The van der Waals surface area contributed by atoms with Crippen LogP contribution < -0.4 is 0 Å². The van der Waals surface area contributed by atoms with Crippen LogP contribution in [0.15, 0.2) is 29.3 Å². The number of hydrogen-bond acceptors (Lipinski definition) is 3. The molecular formula is C12H12F3NO2. The van der Waals surface area contributed by atoms with Crippen molar-refractivity contribution in [2.45, 2.75) is 19.1 Å². The molecule has 3 nitrogen and oxygen atoms in total. The summed E-state index contributed by atoms with van der Waals surface area (Å²) in [5.74, 6) is -0.502. The summed E-state index contributed by atoms with van der Waals surface area (Å²) in [6.07, 6.45) is -3.02. The van der Waals surface area contributed by atoms with Crippen molar-refractivity contribution in [2.75, 3.05) is 7.11 Å². The van der Waals surface area contributed by atoms with Crippen molar-refractivity contribution in [1.82, 2.24) is 0 Å². The molecule has 0 N–H and O–H groups in total. The Labute approximate surface area is 102 Å². The van der Waals surface area contributed by atoms with Crippen molar-refractivity contribution >= 4 is 12.2 Å². The molecule has 1 unspecified atom stereocenters. The summed E-state index contributed by atoms with van der Waals surface area (Å²) in [5.41, 5.74) is -0.237. The number of hydrogen-bond donors (Lipinski definition) is 0. The van der Waals surface area contributed by atoms with Crippen molar-refractivity contribution < 1.29 is 22.7 Å². The van der Waals surface area contributed by atoms with E-state index in [2.05, 4.69) is 9.73 Å². The Morgan fingerprint density at radius 3 is 2.33 bits per heavy atom. The predicted octanol–water partition coefficient (Wildman–Crippen LogP) is 2.69. The number of benzene rings is 1. The van der Waals surface area contributed by atoms with Gasteiger partial charge in [0.2, 0.25) is 0 Å². The van der Waals surface area contributed by atoms with Crippen molar-refractivity contribution in [3.8, 4) is 0 Å². The van der Waals surface area contributed by atoms with Gasteiger partial charge in [-0.1, -0.05) is 12.1 Å². The number of methoxy groups -OCH3 is 1. The number of esters is 1. The first kappa shape index (κ1) is 14.2. The van der Waals surface area contributed by atoms with Gasteiger partial charge in [-0.05, 0) is 24.6 Å². The molecule has 0 aliphatic rings. The van der Waals surface area contributed by atoms with Crippen molar-refractivity contribution in [1.29, 1.82) is 0 Å². The molecule has 6 heteroatoms. The highest BCUT2D eigenvalue weighted by Crippen LogP contribution is 2.28. The summed E-state index contributed by atoms with van der Waals surface area (Å²) in [7, 11) is 1.24. The molecule has 1 rings (SSSR count). The van der Waals surface area contributed by atoms with Gasteiger partial charge in [0.1, 0.15) is 6.04 Å². The molecule has 0 bridgehead atoms. The number of ether oxygens (including phenoxy) is 1. The van der Waals surface area contributed by atoms with Gasteiger partial charge in [-0.2, -0.15) is 13.2 Å². The molecule has 1 aromatic carbocycles. The summed E-state index contributed by atoms with van der Waals surface area (Å²) in [6.45, 7) is 1.53. The minimum absolute atomic E-state index is 0.485. The van der Waals surface area contributed by atoms with Gasteiger partial charge in [0, 0.05) is 6.21 Å². The molecule has 1 aromatic rings. The number of carbonyl (C=O) groups is 1. The van der Waals surface area contributed by atoms with E-state index in [9.17, 15) is 18.0 Å².